The Bertz CT molecular complexity index is 449. The lowest BCUT2D eigenvalue weighted by Gasteiger charge is -2.28. The number of methoxy groups -OCH3 is 1. The molecule has 2 nitrogen and oxygen atoms in total. The van der Waals surface area contributed by atoms with Crippen molar-refractivity contribution in [3.63, 3.8) is 0 Å². The SMILES string of the molecule is CCCNC(c1ccc(C)c(C)c1OC)C1(C)CC1. The number of hydrogen-bond acceptors (Lipinski definition) is 2. The molecule has 106 valence electrons. The molecule has 2 rings (SSSR count). The minimum atomic E-state index is 0.407. The van der Waals surface area contributed by atoms with Crippen LogP contribution in [0, 0.1) is 19.3 Å². The molecular weight excluding hydrogens is 234 g/mol. The first-order valence-corrected chi connectivity index (χ1v) is 7.41. The van der Waals surface area contributed by atoms with Crippen molar-refractivity contribution >= 4 is 0 Å². The number of benzene rings is 1. The normalized spacial score (nSPS) is 18.2. The van der Waals surface area contributed by atoms with Gasteiger partial charge >= 0.3 is 0 Å². The topological polar surface area (TPSA) is 21.3 Å². The van der Waals surface area contributed by atoms with E-state index in [-0.39, 0.29) is 0 Å². The maximum Gasteiger partial charge on any atom is 0.126 e. The molecule has 1 N–H and O–H groups in total. The minimum absolute atomic E-state index is 0.407. The van der Waals surface area contributed by atoms with Crippen LogP contribution in [0.2, 0.25) is 0 Å². The van der Waals surface area contributed by atoms with Gasteiger partial charge in [0.2, 0.25) is 0 Å². The first-order chi connectivity index (χ1) is 9.03. The number of hydrogen-bond donors (Lipinski definition) is 1. The van der Waals surface area contributed by atoms with E-state index in [2.05, 4.69) is 45.1 Å². The van der Waals surface area contributed by atoms with Gasteiger partial charge in [0.25, 0.3) is 0 Å². The van der Waals surface area contributed by atoms with Gasteiger partial charge in [-0.15, -0.1) is 0 Å². The Morgan fingerprint density at radius 2 is 2.00 bits per heavy atom. The lowest BCUT2D eigenvalue weighted by Crippen LogP contribution is -2.29. The molecule has 1 unspecified atom stereocenters. The highest BCUT2D eigenvalue weighted by Crippen LogP contribution is 2.56. The largest absolute Gasteiger partial charge is 0.496 e. The molecule has 0 aliphatic heterocycles. The van der Waals surface area contributed by atoms with E-state index in [4.69, 9.17) is 4.74 Å². The second-order valence-electron chi connectivity index (χ2n) is 6.17. The van der Waals surface area contributed by atoms with Crippen LogP contribution in [0.1, 0.15) is 55.8 Å². The Hall–Kier alpha value is -1.02. The molecule has 1 aliphatic carbocycles. The monoisotopic (exact) mass is 261 g/mol. The van der Waals surface area contributed by atoms with Crippen molar-refractivity contribution in [1.29, 1.82) is 0 Å². The van der Waals surface area contributed by atoms with Crippen LogP contribution in [0.4, 0.5) is 0 Å². The van der Waals surface area contributed by atoms with Crippen LogP contribution in [-0.2, 0) is 0 Å². The molecule has 0 aromatic heterocycles. The molecule has 19 heavy (non-hydrogen) atoms. The predicted molar refractivity (Wildman–Crippen MR) is 80.8 cm³/mol. The van der Waals surface area contributed by atoms with Crippen molar-refractivity contribution in [1.82, 2.24) is 5.32 Å². The van der Waals surface area contributed by atoms with Gasteiger partial charge in [-0.3, -0.25) is 0 Å². The summed E-state index contributed by atoms with van der Waals surface area (Å²) >= 11 is 0. The van der Waals surface area contributed by atoms with Gasteiger partial charge in [-0.1, -0.05) is 26.0 Å². The molecule has 2 heteroatoms. The third-order valence-corrected chi connectivity index (χ3v) is 4.56. The summed E-state index contributed by atoms with van der Waals surface area (Å²) < 4.78 is 5.70. The molecule has 1 aliphatic rings. The highest BCUT2D eigenvalue weighted by molar-refractivity contribution is 5.47. The summed E-state index contributed by atoms with van der Waals surface area (Å²) in [6.07, 6.45) is 3.79. The van der Waals surface area contributed by atoms with Crippen molar-refractivity contribution in [2.45, 2.75) is 53.0 Å². The van der Waals surface area contributed by atoms with E-state index in [1.165, 1.54) is 36.0 Å². The molecule has 0 bridgehead atoms. The summed E-state index contributed by atoms with van der Waals surface area (Å²) in [6, 6.07) is 4.89. The van der Waals surface area contributed by atoms with Gasteiger partial charge in [-0.05, 0) is 56.2 Å². The van der Waals surface area contributed by atoms with Gasteiger partial charge < -0.3 is 10.1 Å². The van der Waals surface area contributed by atoms with Gasteiger partial charge in [0.1, 0.15) is 5.75 Å². The van der Waals surface area contributed by atoms with E-state index >= 15 is 0 Å². The van der Waals surface area contributed by atoms with E-state index in [1.807, 2.05) is 0 Å². The summed E-state index contributed by atoms with van der Waals surface area (Å²) in [7, 11) is 1.79. The molecule has 1 atom stereocenters. The Labute approximate surface area is 117 Å². The fourth-order valence-corrected chi connectivity index (χ4v) is 2.82. The third kappa shape index (κ3) is 2.79. The zero-order valence-electron chi connectivity index (χ0n) is 13.0. The van der Waals surface area contributed by atoms with E-state index in [0.717, 1.165) is 12.3 Å². The summed E-state index contributed by atoms with van der Waals surface area (Å²) in [5.74, 6) is 1.07. The molecule has 0 heterocycles. The van der Waals surface area contributed by atoms with Crippen LogP contribution in [0.5, 0.6) is 5.75 Å². The lowest BCUT2D eigenvalue weighted by atomic mass is 9.89. The second kappa shape index (κ2) is 5.54. The maximum absolute atomic E-state index is 5.70. The first-order valence-electron chi connectivity index (χ1n) is 7.41. The Morgan fingerprint density at radius 1 is 1.32 bits per heavy atom. The minimum Gasteiger partial charge on any atom is -0.496 e. The molecule has 0 spiro atoms. The van der Waals surface area contributed by atoms with Gasteiger partial charge in [0.05, 0.1) is 7.11 Å². The Morgan fingerprint density at radius 3 is 2.53 bits per heavy atom. The smallest absolute Gasteiger partial charge is 0.126 e. The first kappa shape index (κ1) is 14.4. The van der Waals surface area contributed by atoms with Crippen molar-refractivity contribution in [2.24, 2.45) is 5.41 Å². The van der Waals surface area contributed by atoms with Crippen molar-refractivity contribution < 1.29 is 4.74 Å². The number of aryl methyl sites for hydroxylation is 1. The Balaban J connectivity index is 2.38. The van der Waals surface area contributed by atoms with Crippen LogP contribution < -0.4 is 10.1 Å². The average Bonchev–Trinajstić information content (AvgIpc) is 3.13. The summed E-state index contributed by atoms with van der Waals surface area (Å²) in [5, 5.41) is 3.73. The van der Waals surface area contributed by atoms with Crippen LogP contribution in [0.25, 0.3) is 0 Å². The Kier molecular flexibility index (Phi) is 4.19. The quantitative estimate of drug-likeness (QED) is 0.830. The molecule has 0 amide bonds. The fraction of sp³-hybridized carbons (Fsp3) is 0.647. The molecule has 0 saturated heterocycles. The summed E-state index contributed by atoms with van der Waals surface area (Å²) in [6.45, 7) is 9.97. The zero-order chi connectivity index (χ0) is 14.0. The van der Waals surface area contributed by atoms with Crippen molar-refractivity contribution in [3.05, 3.63) is 28.8 Å². The van der Waals surface area contributed by atoms with Gasteiger partial charge in [0.15, 0.2) is 0 Å². The average molecular weight is 261 g/mol. The van der Waals surface area contributed by atoms with Crippen LogP contribution in [-0.4, -0.2) is 13.7 Å². The van der Waals surface area contributed by atoms with E-state index in [0.29, 0.717) is 11.5 Å². The van der Waals surface area contributed by atoms with E-state index < -0.39 is 0 Å². The van der Waals surface area contributed by atoms with Crippen molar-refractivity contribution in [2.75, 3.05) is 13.7 Å². The zero-order valence-corrected chi connectivity index (χ0v) is 13.0. The van der Waals surface area contributed by atoms with Gasteiger partial charge in [0, 0.05) is 11.6 Å². The number of rotatable bonds is 6. The number of nitrogens with one attached hydrogen (secondary N) is 1. The van der Waals surface area contributed by atoms with E-state index in [9.17, 15) is 0 Å². The highest BCUT2D eigenvalue weighted by Gasteiger charge is 2.46. The summed E-state index contributed by atoms with van der Waals surface area (Å²) in [4.78, 5) is 0. The van der Waals surface area contributed by atoms with Crippen LogP contribution in [0.15, 0.2) is 12.1 Å². The maximum atomic E-state index is 5.70. The molecule has 1 saturated carbocycles. The predicted octanol–water partition coefficient (Wildman–Crippen LogP) is 4.15. The van der Waals surface area contributed by atoms with Crippen LogP contribution >= 0.6 is 0 Å². The molecule has 1 aromatic rings. The van der Waals surface area contributed by atoms with Crippen molar-refractivity contribution in [3.8, 4) is 5.75 Å². The summed E-state index contributed by atoms with van der Waals surface area (Å²) in [5.41, 5.74) is 4.31. The van der Waals surface area contributed by atoms with Gasteiger partial charge in [-0.2, -0.15) is 0 Å². The number of ether oxygens (including phenoxy) is 1. The van der Waals surface area contributed by atoms with E-state index in [1.54, 1.807) is 7.11 Å². The molecular formula is C17H27NO. The third-order valence-electron chi connectivity index (χ3n) is 4.56. The molecule has 1 fully saturated rings. The second-order valence-corrected chi connectivity index (χ2v) is 6.17. The lowest BCUT2D eigenvalue weighted by molar-refractivity contribution is 0.341. The molecule has 0 radical (unpaired) electrons. The standard InChI is InChI=1S/C17H27NO/c1-6-11-18-16(17(4)9-10-17)14-8-7-12(2)13(3)15(14)19-5/h7-8,16,18H,6,9-11H2,1-5H3. The fourth-order valence-electron chi connectivity index (χ4n) is 2.82. The van der Waals surface area contributed by atoms with Crippen LogP contribution in [0.3, 0.4) is 0 Å². The molecule has 1 aromatic carbocycles. The van der Waals surface area contributed by atoms with Gasteiger partial charge in [-0.25, -0.2) is 0 Å². The highest BCUT2D eigenvalue weighted by atomic mass is 16.5.